The van der Waals surface area contributed by atoms with E-state index in [2.05, 4.69) is 15.6 Å². The van der Waals surface area contributed by atoms with Crippen molar-refractivity contribution in [3.63, 3.8) is 0 Å². The van der Waals surface area contributed by atoms with Crippen LogP contribution in [-0.2, 0) is 10.7 Å². The van der Waals surface area contributed by atoms with Crippen molar-refractivity contribution in [1.82, 2.24) is 4.98 Å². The summed E-state index contributed by atoms with van der Waals surface area (Å²) in [5, 5.41) is 18.7. The minimum Gasteiger partial charge on any atom is -0.308 e. The summed E-state index contributed by atoms with van der Waals surface area (Å²) in [6.45, 7) is 0. The third-order valence-electron chi connectivity index (χ3n) is 4.52. The van der Waals surface area contributed by atoms with Crippen molar-refractivity contribution in [3.8, 4) is 10.4 Å². The van der Waals surface area contributed by atoms with Crippen molar-refractivity contribution < 1.29 is 9.90 Å². The second-order valence-corrected chi connectivity index (χ2v) is 7.43. The van der Waals surface area contributed by atoms with Gasteiger partial charge >= 0.3 is 6.03 Å². The largest absolute Gasteiger partial charge is 0.323 e. The van der Waals surface area contributed by atoms with E-state index in [-0.39, 0.29) is 6.03 Å². The van der Waals surface area contributed by atoms with E-state index >= 15 is 0 Å². The topological polar surface area (TPSA) is 73.9 Å². The highest BCUT2D eigenvalue weighted by atomic mass is 32.1. The van der Waals surface area contributed by atoms with Gasteiger partial charge in [-0.2, -0.15) is 0 Å². The van der Waals surface area contributed by atoms with Crippen LogP contribution in [0.3, 0.4) is 0 Å². The Hall–Kier alpha value is -2.70. The Labute approximate surface area is 155 Å². The fraction of sp³-hybridized carbons (Fsp3) is 0.200. The fourth-order valence-electron chi connectivity index (χ4n) is 2.86. The molecule has 0 saturated heterocycles. The molecule has 1 aliphatic carbocycles. The van der Waals surface area contributed by atoms with Gasteiger partial charge in [-0.1, -0.05) is 30.3 Å². The molecule has 2 aromatic carbocycles. The second kappa shape index (κ2) is 6.90. The Morgan fingerprint density at radius 3 is 2.23 bits per heavy atom. The zero-order valence-electron chi connectivity index (χ0n) is 14.1. The molecule has 6 heteroatoms. The Morgan fingerprint density at radius 2 is 1.62 bits per heavy atom. The van der Waals surface area contributed by atoms with Crippen LogP contribution in [0, 0.1) is 0 Å². The molecule has 5 nitrogen and oxygen atoms in total. The zero-order valence-corrected chi connectivity index (χ0v) is 14.9. The molecule has 1 saturated carbocycles. The van der Waals surface area contributed by atoms with E-state index in [1.54, 1.807) is 6.20 Å². The van der Waals surface area contributed by atoms with Crippen molar-refractivity contribution in [3.05, 3.63) is 65.8 Å². The van der Waals surface area contributed by atoms with Crippen LogP contribution in [0.2, 0.25) is 0 Å². The zero-order chi connectivity index (χ0) is 18.0. The number of carbonyl (C=O) groups excluding carboxylic acids is 1. The first kappa shape index (κ1) is 16.8. The monoisotopic (exact) mass is 364 g/mol. The summed E-state index contributed by atoms with van der Waals surface area (Å²) < 4.78 is 0. The minimum absolute atomic E-state index is 0.290. The normalized spacial score (nSPS) is 15.1. The number of carbonyl (C=O) groups is 1. The van der Waals surface area contributed by atoms with Crippen molar-refractivity contribution in [1.29, 1.82) is 0 Å². The Kier molecular flexibility index (Phi) is 4.44. The number of nitrogens with one attached hydrogen (secondary N) is 2. The van der Waals surface area contributed by atoms with Crippen molar-refractivity contribution in [2.45, 2.75) is 24.9 Å². The van der Waals surface area contributed by atoms with Gasteiger partial charge < -0.3 is 10.6 Å². The molecule has 1 radical (unpaired) electrons. The fourth-order valence-corrected chi connectivity index (χ4v) is 3.93. The van der Waals surface area contributed by atoms with E-state index in [9.17, 15) is 9.90 Å². The van der Waals surface area contributed by atoms with Crippen molar-refractivity contribution >= 4 is 28.7 Å². The van der Waals surface area contributed by atoms with Gasteiger partial charge in [-0.15, -0.1) is 11.3 Å². The maximum absolute atomic E-state index is 12.4. The summed E-state index contributed by atoms with van der Waals surface area (Å²) in [6.07, 6.45) is 4.12. The van der Waals surface area contributed by atoms with E-state index in [1.807, 2.05) is 54.6 Å². The van der Waals surface area contributed by atoms with Gasteiger partial charge in [-0.25, -0.2) is 14.9 Å². The molecule has 0 bridgehead atoms. The van der Waals surface area contributed by atoms with Gasteiger partial charge in [0.25, 0.3) is 0 Å². The molecule has 0 atom stereocenters. The molecule has 2 N–H and O–H groups in total. The highest BCUT2D eigenvalue weighted by Crippen LogP contribution is 2.44. The number of thiazole rings is 1. The summed E-state index contributed by atoms with van der Waals surface area (Å²) in [4.78, 5) is 17.3. The van der Waals surface area contributed by atoms with Gasteiger partial charge in [0, 0.05) is 17.6 Å². The summed E-state index contributed by atoms with van der Waals surface area (Å²) in [6, 6.07) is 16.5. The molecular formula is C20H18N3O2S. The minimum atomic E-state index is -0.972. The maximum Gasteiger partial charge on any atom is 0.323 e. The Bertz CT molecular complexity index is 902. The lowest BCUT2D eigenvalue weighted by molar-refractivity contribution is -0.0984. The van der Waals surface area contributed by atoms with Gasteiger partial charge in [-0.3, -0.25) is 0 Å². The lowest BCUT2D eigenvalue weighted by Crippen LogP contribution is -2.31. The molecule has 1 aliphatic rings. The molecule has 4 rings (SSSR count). The van der Waals surface area contributed by atoms with E-state index in [1.165, 1.54) is 11.3 Å². The van der Waals surface area contributed by atoms with Crippen LogP contribution in [0.15, 0.2) is 60.8 Å². The quantitative estimate of drug-likeness (QED) is 0.662. The van der Waals surface area contributed by atoms with Crippen molar-refractivity contribution in [2.75, 3.05) is 10.6 Å². The number of benzene rings is 2. The van der Waals surface area contributed by atoms with E-state index in [0.717, 1.165) is 22.5 Å². The van der Waals surface area contributed by atoms with E-state index < -0.39 is 5.60 Å². The molecule has 0 spiro atoms. The standard InChI is InChI=1S/C20H18N3O2S/c24-19(22-15-5-2-1-3-6-15)23-16-9-7-14(8-10-16)17-13-21-18(26-17)20(25)11-4-12-20/h1-3,5-10,13H,4,11-12H2,(H2,22,23,24). The molecule has 26 heavy (non-hydrogen) atoms. The van der Waals surface area contributed by atoms with Crippen LogP contribution in [0.25, 0.3) is 10.4 Å². The Morgan fingerprint density at radius 1 is 0.962 bits per heavy atom. The molecule has 1 heterocycles. The van der Waals surface area contributed by atoms with Crippen molar-refractivity contribution in [2.24, 2.45) is 0 Å². The number of aromatic nitrogens is 1. The van der Waals surface area contributed by atoms with Crippen LogP contribution in [-0.4, -0.2) is 11.0 Å². The van der Waals surface area contributed by atoms with Gasteiger partial charge in [0.05, 0.1) is 4.88 Å². The summed E-state index contributed by atoms with van der Waals surface area (Å²) in [5.74, 6) is 0. The molecule has 2 amide bonds. The number of hydrogen-bond donors (Lipinski definition) is 2. The molecule has 1 aromatic heterocycles. The SMILES string of the molecule is [O]C1(c2ncc(-c3ccc(NC(=O)Nc4ccccc4)cc3)s2)CCC1. The predicted molar refractivity (Wildman–Crippen MR) is 103 cm³/mol. The van der Waals surface area contributed by atoms with Crippen LogP contribution < -0.4 is 10.6 Å². The number of urea groups is 1. The first-order valence-corrected chi connectivity index (χ1v) is 9.34. The smallest absolute Gasteiger partial charge is 0.308 e. The summed E-state index contributed by atoms with van der Waals surface area (Å²) in [5.41, 5.74) is 1.46. The summed E-state index contributed by atoms with van der Waals surface area (Å²) >= 11 is 1.47. The van der Waals surface area contributed by atoms with Gasteiger partial charge in [0.2, 0.25) is 0 Å². The predicted octanol–water partition coefficient (Wildman–Crippen LogP) is 5.26. The molecule has 0 unspecified atom stereocenters. The first-order chi connectivity index (χ1) is 12.6. The number of para-hydroxylation sites is 1. The Balaban J connectivity index is 1.41. The lowest BCUT2D eigenvalue weighted by atomic mass is 9.81. The molecule has 3 aromatic rings. The third kappa shape index (κ3) is 3.47. The lowest BCUT2D eigenvalue weighted by Gasteiger charge is -2.31. The van der Waals surface area contributed by atoms with Gasteiger partial charge in [0.1, 0.15) is 5.01 Å². The van der Waals surface area contributed by atoms with E-state index in [0.29, 0.717) is 23.5 Å². The van der Waals surface area contributed by atoms with E-state index in [4.69, 9.17) is 0 Å². The first-order valence-electron chi connectivity index (χ1n) is 8.53. The molecule has 0 aliphatic heterocycles. The van der Waals surface area contributed by atoms with Gasteiger partial charge in [-0.05, 0) is 49.1 Å². The van der Waals surface area contributed by atoms with Crippen LogP contribution >= 0.6 is 11.3 Å². The average molecular weight is 364 g/mol. The molecular weight excluding hydrogens is 346 g/mol. The number of nitrogens with zero attached hydrogens (tertiary/aromatic N) is 1. The third-order valence-corrected chi connectivity index (χ3v) is 5.75. The second-order valence-electron chi connectivity index (χ2n) is 6.40. The molecule has 131 valence electrons. The van der Waals surface area contributed by atoms with Crippen LogP contribution in [0.5, 0.6) is 0 Å². The molecule has 1 fully saturated rings. The summed E-state index contributed by atoms with van der Waals surface area (Å²) in [7, 11) is 0. The highest BCUT2D eigenvalue weighted by molar-refractivity contribution is 7.15. The number of amides is 2. The maximum atomic E-state index is 12.4. The number of rotatable bonds is 4. The highest BCUT2D eigenvalue weighted by Gasteiger charge is 2.41. The number of hydrogen-bond acceptors (Lipinski definition) is 3. The van der Waals surface area contributed by atoms with Crippen LogP contribution in [0.4, 0.5) is 16.2 Å². The number of anilines is 2. The average Bonchev–Trinajstić information content (AvgIpc) is 3.11. The van der Waals surface area contributed by atoms with Gasteiger partial charge in [0.15, 0.2) is 5.60 Å². The van der Waals surface area contributed by atoms with Crippen LogP contribution in [0.1, 0.15) is 24.3 Å².